The number of aromatic amines is 2. The minimum Gasteiger partial charge on any atom is -0.508 e. The molecule has 60 heavy (non-hydrogen) atoms. The number of hydrogen-bond acceptors (Lipinski definition) is 6. The summed E-state index contributed by atoms with van der Waals surface area (Å²) in [7, 11) is 0. The van der Waals surface area contributed by atoms with Crippen LogP contribution in [0.4, 0.5) is 17.6 Å². The highest BCUT2D eigenvalue weighted by molar-refractivity contribution is 6.00. The van der Waals surface area contributed by atoms with Gasteiger partial charge in [0.1, 0.15) is 17.2 Å². The number of rotatable bonds is 8. The van der Waals surface area contributed by atoms with Crippen LogP contribution in [0.1, 0.15) is 42.5 Å². The molecule has 12 heteroatoms. The molecule has 8 nitrogen and oxygen atoms in total. The van der Waals surface area contributed by atoms with Gasteiger partial charge in [-0.25, -0.2) is 23.1 Å². The number of halogens is 4. The van der Waals surface area contributed by atoms with Gasteiger partial charge in [0.05, 0.1) is 34.9 Å². The summed E-state index contributed by atoms with van der Waals surface area (Å²) in [6, 6.07) is 26.7. The summed E-state index contributed by atoms with van der Waals surface area (Å²) in [5.41, 5.74) is 5.66. The lowest BCUT2D eigenvalue weighted by Gasteiger charge is -2.16. The summed E-state index contributed by atoms with van der Waals surface area (Å²) < 4.78 is 68.5. The first-order valence-corrected chi connectivity index (χ1v) is 19.1. The van der Waals surface area contributed by atoms with Crippen molar-refractivity contribution >= 4 is 46.4 Å². The van der Waals surface area contributed by atoms with E-state index in [0.29, 0.717) is 79.9 Å². The number of benzene rings is 4. The zero-order valence-corrected chi connectivity index (χ0v) is 31.8. The van der Waals surface area contributed by atoms with Crippen LogP contribution in [0, 0.1) is 23.3 Å². The van der Waals surface area contributed by atoms with Gasteiger partial charge >= 0.3 is 0 Å². The molecule has 4 aromatic carbocycles. The monoisotopic (exact) mass is 806 g/mol. The first-order chi connectivity index (χ1) is 29.1. The topological polar surface area (TPSA) is 127 Å². The molecule has 8 bridgehead atoms. The van der Waals surface area contributed by atoms with Gasteiger partial charge in [0.15, 0.2) is 17.4 Å². The molecule has 9 rings (SSSR count). The number of fused-ring (bicyclic) bond motifs is 8. The Labute approximate surface area is 340 Å². The van der Waals surface area contributed by atoms with E-state index in [4.69, 9.17) is 14.7 Å². The summed E-state index contributed by atoms with van der Waals surface area (Å²) in [6.07, 6.45) is 7.86. The van der Waals surface area contributed by atoms with Crippen LogP contribution < -0.4 is 4.74 Å². The third-order valence-electron chi connectivity index (χ3n) is 10.4. The zero-order chi connectivity index (χ0) is 41.7. The summed E-state index contributed by atoms with van der Waals surface area (Å²) in [5.74, 6) is -8.22. The van der Waals surface area contributed by atoms with Gasteiger partial charge in [-0.1, -0.05) is 49.7 Å². The van der Waals surface area contributed by atoms with Crippen LogP contribution >= 0.6 is 0 Å². The fourth-order valence-corrected chi connectivity index (χ4v) is 7.65. The Hall–Kier alpha value is -7.60. The van der Waals surface area contributed by atoms with Crippen LogP contribution in [0.25, 0.3) is 90.9 Å². The first-order valence-electron chi connectivity index (χ1n) is 19.1. The van der Waals surface area contributed by atoms with Crippen molar-refractivity contribution in [2.75, 3.05) is 6.61 Å². The van der Waals surface area contributed by atoms with Gasteiger partial charge in [-0.05, 0) is 108 Å². The minimum atomic E-state index is -2.02. The van der Waals surface area contributed by atoms with Gasteiger partial charge in [-0.2, -0.15) is 4.39 Å². The third-order valence-corrected chi connectivity index (χ3v) is 10.4. The molecule has 0 saturated carbocycles. The largest absolute Gasteiger partial charge is 0.508 e. The zero-order valence-electron chi connectivity index (χ0n) is 31.8. The average molecular weight is 807 g/mol. The van der Waals surface area contributed by atoms with E-state index in [1.165, 1.54) is 12.1 Å². The summed E-state index contributed by atoms with van der Waals surface area (Å²) >= 11 is 0. The van der Waals surface area contributed by atoms with Gasteiger partial charge in [0.25, 0.3) is 0 Å². The lowest BCUT2D eigenvalue weighted by atomic mass is 10.0. The quantitative estimate of drug-likeness (QED) is 0.0450. The Balaban J connectivity index is 1.50. The number of phenolic OH excluding ortho intramolecular Hbond substituents is 3. The molecule has 2 aliphatic heterocycles. The normalized spacial score (nSPS) is 12.0. The fourth-order valence-electron chi connectivity index (χ4n) is 7.65. The van der Waals surface area contributed by atoms with Crippen molar-refractivity contribution in [3.63, 3.8) is 0 Å². The van der Waals surface area contributed by atoms with Gasteiger partial charge in [0, 0.05) is 44.3 Å². The lowest BCUT2D eigenvalue weighted by Crippen LogP contribution is -2.08. The number of aromatic hydroxyl groups is 3. The molecule has 0 radical (unpaired) electrons. The smallest absolute Gasteiger partial charge is 0.204 e. The predicted molar refractivity (Wildman–Crippen MR) is 226 cm³/mol. The Kier molecular flexibility index (Phi) is 9.67. The van der Waals surface area contributed by atoms with E-state index in [1.807, 2.05) is 31.2 Å². The molecule has 0 aliphatic carbocycles. The molecule has 7 aromatic rings. The van der Waals surface area contributed by atoms with Crippen molar-refractivity contribution < 1.29 is 37.6 Å². The van der Waals surface area contributed by atoms with E-state index in [1.54, 1.807) is 85.0 Å². The van der Waals surface area contributed by atoms with Crippen LogP contribution in [0.3, 0.4) is 0 Å². The summed E-state index contributed by atoms with van der Waals surface area (Å²) in [6.45, 7) is 1.75. The Bertz CT molecular complexity index is 3070. The molecule has 2 aliphatic rings. The van der Waals surface area contributed by atoms with Crippen molar-refractivity contribution in [2.24, 2.45) is 0 Å². The van der Waals surface area contributed by atoms with E-state index >= 15 is 17.6 Å². The summed E-state index contributed by atoms with van der Waals surface area (Å²) in [5, 5.41) is 31.9. The number of hydrogen-bond donors (Lipinski definition) is 5. The Morgan fingerprint density at radius 3 is 1.27 bits per heavy atom. The molecular formula is C48H34F4N4O4. The number of ether oxygens (including phenoxy) is 1. The molecule has 0 amide bonds. The van der Waals surface area contributed by atoms with Crippen LogP contribution in [-0.4, -0.2) is 41.9 Å². The van der Waals surface area contributed by atoms with Crippen LogP contribution in [0.2, 0.25) is 0 Å². The Morgan fingerprint density at radius 2 is 0.867 bits per heavy atom. The molecule has 298 valence electrons. The highest BCUT2D eigenvalue weighted by Crippen LogP contribution is 2.44. The SMILES string of the molecule is CCCCOc1c(F)c(F)c(F)c(F)c1-c1c2nc(c(-c3cccc(O)c3)c3ccc([nH]3)c(-c3cccc(O)c3)c3nc(c(-c4cccc(O)c4)c4ccc1[nH]4)C=C3)C=C2. The molecular weight excluding hydrogens is 773 g/mol. The van der Waals surface area contributed by atoms with E-state index in [0.717, 1.165) is 0 Å². The third kappa shape index (κ3) is 6.71. The maximum atomic E-state index is 16.5. The van der Waals surface area contributed by atoms with Gasteiger partial charge in [0.2, 0.25) is 11.6 Å². The van der Waals surface area contributed by atoms with Crippen LogP contribution in [-0.2, 0) is 0 Å². The van der Waals surface area contributed by atoms with Gasteiger partial charge in [-0.15, -0.1) is 0 Å². The summed E-state index contributed by atoms with van der Waals surface area (Å²) in [4.78, 5) is 16.9. The van der Waals surface area contributed by atoms with Crippen molar-refractivity contribution in [3.8, 4) is 67.5 Å². The molecule has 0 fully saturated rings. The second-order valence-electron chi connectivity index (χ2n) is 14.3. The van der Waals surface area contributed by atoms with Crippen molar-refractivity contribution in [1.29, 1.82) is 0 Å². The second kappa shape index (κ2) is 15.3. The molecule has 3 aromatic heterocycles. The number of unbranched alkanes of at least 4 members (excludes halogenated alkanes) is 1. The fraction of sp³-hybridized carbons (Fsp3) is 0.0833. The first kappa shape index (κ1) is 37.9. The highest BCUT2D eigenvalue weighted by Gasteiger charge is 2.31. The van der Waals surface area contributed by atoms with E-state index in [2.05, 4.69) is 9.97 Å². The number of nitrogens with zero attached hydrogens (tertiary/aromatic N) is 2. The minimum absolute atomic E-state index is 0.0237. The Morgan fingerprint density at radius 1 is 0.483 bits per heavy atom. The molecule has 0 atom stereocenters. The average Bonchev–Trinajstić information content (AvgIpc) is 4.08. The number of H-pyrrole nitrogens is 2. The van der Waals surface area contributed by atoms with E-state index < -0.39 is 34.6 Å². The van der Waals surface area contributed by atoms with E-state index in [-0.39, 0.29) is 40.6 Å². The van der Waals surface area contributed by atoms with Gasteiger partial charge in [-0.3, -0.25) is 0 Å². The maximum Gasteiger partial charge on any atom is 0.204 e. The second-order valence-corrected chi connectivity index (χ2v) is 14.3. The lowest BCUT2D eigenvalue weighted by molar-refractivity contribution is 0.282. The number of phenols is 3. The van der Waals surface area contributed by atoms with E-state index in [9.17, 15) is 15.3 Å². The number of nitrogens with one attached hydrogen (secondary N) is 2. The molecule has 5 N–H and O–H groups in total. The molecule has 0 saturated heterocycles. The molecule has 0 unspecified atom stereocenters. The van der Waals surface area contributed by atoms with Gasteiger partial charge < -0.3 is 30.0 Å². The van der Waals surface area contributed by atoms with Crippen LogP contribution in [0.15, 0.2) is 97.1 Å². The number of aromatic nitrogens is 4. The predicted octanol–water partition coefficient (Wildman–Crippen LogP) is 12.2. The highest BCUT2D eigenvalue weighted by atomic mass is 19.2. The molecule has 0 spiro atoms. The standard InChI is InChI=1S/C48H34F4N4O4/c1-2-3-21-60-48-43(44(49)45(50)46(51)47(48)52)42-37-19-17-35(55-37)40(26-8-5-11-29(58)23-26)33-15-13-31(53-33)39(25-7-4-10-28(57)22-25)32-14-16-34(54-32)41(36-18-20-38(42)56-36)27-9-6-12-30(59)24-27/h4-20,22-24,53,56-59H,2-3,21H2,1H3. The van der Waals surface area contributed by atoms with Crippen molar-refractivity contribution in [3.05, 3.63) is 143 Å². The van der Waals surface area contributed by atoms with Crippen molar-refractivity contribution in [2.45, 2.75) is 19.8 Å². The van der Waals surface area contributed by atoms with Crippen molar-refractivity contribution in [1.82, 2.24) is 19.9 Å². The van der Waals surface area contributed by atoms with Crippen LogP contribution in [0.5, 0.6) is 23.0 Å². The molecule has 5 heterocycles. The maximum absolute atomic E-state index is 16.5.